The predicted molar refractivity (Wildman–Crippen MR) is 56.4 cm³/mol. The highest BCUT2D eigenvalue weighted by Crippen LogP contribution is 2.01. The highest BCUT2D eigenvalue weighted by atomic mass is 16.5. The van der Waals surface area contributed by atoms with E-state index in [1.807, 2.05) is 0 Å². The van der Waals surface area contributed by atoms with E-state index in [4.69, 9.17) is 14.9 Å². The molecule has 0 aromatic rings. The molecule has 2 unspecified atom stereocenters. The molecule has 1 aliphatic rings. The van der Waals surface area contributed by atoms with Gasteiger partial charge in [0.05, 0.1) is 6.61 Å². The Morgan fingerprint density at radius 1 is 1.73 bits per heavy atom. The molecule has 0 aromatic carbocycles. The third-order valence-corrected chi connectivity index (χ3v) is 1.66. The number of hydrogen-bond acceptors (Lipinski definition) is 4. The molecule has 0 spiro atoms. The van der Waals surface area contributed by atoms with Gasteiger partial charge in [0.25, 0.3) is 0 Å². The molecule has 15 heavy (non-hydrogen) atoms. The van der Waals surface area contributed by atoms with Gasteiger partial charge in [0.2, 0.25) is 0 Å². The standard InChI is InChI=1S/C6H11NO2.C4H6O2/c1-2-5(8)6-7-3-4-9-6;1-3(2)4(5)6/h2,5-8H,1,3-4H2;1H2,2H3,(H,5,6). The van der Waals surface area contributed by atoms with Gasteiger partial charge in [-0.15, -0.1) is 6.58 Å². The van der Waals surface area contributed by atoms with Crippen LogP contribution in [0.1, 0.15) is 6.92 Å². The van der Waals surface area contributed by atoms with Crippen LogP contribution in [0.4, 0.5) is 0 Å². The summed E-state index contributed by atoms with van der Waals surface area (Å²) in [6.45, 7) is 9.53. The number of aliphatic hydroxyl groups excluding tert-OH is 1. The van der Waals surface area contributed by atoms with Gasteiger partial charge in [0, 0.05) is 12.1 Å². The molecule has 1 saturated heterocycles. The van der Waals surface area contributed by atoms with E-state index in [1.165, 1.54) is 13.0 Å². The van der Waals surface area contributed by atoms with Crippen LogP contribution >= 0.6 is 0 Å². The van der Waals surface area contributed by atoms with E-state index in [0.29, 0.717) is 6.61 Å². The van der Waals surface area contributed by atoms with Gasteiger partial charge in [-0.05, 0) is 6.92 Å². The van der Waals surface area contributed by atoms with Crippen LogP contribution in [0, 0.1) is 0 Å². The second-order valence-corrected chi connectivity index (χ2v) is 3.06. The van der Waals surface area contributed by atoms with Crippen LogP contribution in [-0.2, 0) is 9.53 Å². The summed E-state index contributed by atoms with van der Waals surface area (Å²) in [5.74, 6) is -0.935. The summed E-state index contributed by atoms with van der Waals surface area (Å²) < 4.78 is 5.07. The first-order valence-electron chi connectivity index (χ1n) is 4.53. The van der Waals surface area contributed by atoms with Gasteiger partial charge in [-0.3, -0.25) is 5.32 Å². The zero-order chi connectivity index (χ0) is 11.8. The van der Waals surface area contributed by atoms with Crippen molar-refractivity contribution in [2.75, 3.05) is 13.2 Å². The van der Waals surface area contributed by atoms with Gasteiger partial charge >= 0.3 is 5.97 Å². The van der Waals surface area contributed by atoms with Crippen LogP contribution in [0.15, 0.2) is 24.8 Å². The first-order chi connectivity index (χ1) is 6.99. The zero-order valence-corrected chi connectivity index (χ0v) is 8.77. The minimum atomic E-state index is -0.935. The van der Waals surface area contributed by atoms with Crippen LogP contribution in [0.2, 0.25) is 0 Å². The first kappa shape index (κ1) is 13.8. The Morgan fingerprint density at radius 3 is 2.53 bits per heavy atom. The van der Waals surface area contributed by atoms with Crippen molar-refractivity contribution in [3.05, 3.63) is 24.8 Å². The van der Waals surface area contributed by atoms with Crippen molar-refractivity contribution in [3.8, 4) is 0 Å². The van der Waals surface area contributed by atoms with Crippen LogP contribution in [0.25, 0.3) is 0 Å². The highest BCUT2D eigenvalue weighted by Gasteiger charge is 2.19. The molecule has 1 aliphatic heterocycles. The maximum atomic E-state index is 9.60. The van der Waals surface area contributed by atoms with Gasteiger partial charge in [0.1, 0.15) is 12.3 Å². The summed E-state index contributed by atoms with van der Waals surface area (Å²) in [5, 5.41) is 19.9. The summed E-state index contributed by atoms with van der Waals surface area (Å²) in [6, 6.07) is 0. The van der Waals surface area contributed by atoms with Crippen molar-refractivity contribution < 1.29 is 19.7 Å². The van der Waals surface area contributed by atoms with Crippen molar-refractivity contribution in [2.24, 2.45) is 0 Å². The maximum Gasteiger partial charge on any atom is 0.330 e. The number of rotatable bonds is 3. The van der Waals surface area contributed by atoms with Crippen LogP contribution in [0.3, 0.4) is 0 Å². The lowest BCUT2D eigenvalue weighted by molar-refractivity contribution is -0.132. The Kier molecular flexibility index (Phi) is 6.61. The fourth-order valence-corrected chi connectivity index (χ4v) is 0.789. The topological polar surface area (TPSA) is 78.8 Å². The van der Waals surface area contributed by atoms with Crippen molar-refractivity contribution in [1.82, 2.24) is 5.32 Å². The Balaban J connectivity index is 0.000000288. The molecule has 0 aliphatic carbocycles. The minimum absolute atomic E-state index is 0.176. The number of carbonyl (C=O) groups is 1. The SMILES string of the molecule is C=C(C)C(=O)O.C=CC(O)C1NCCO1. The molecule has 5 heteroatoms. The monoisotopic (exact) mass is 215 g/mol. The smallest absolute Gasteiger partial charge is 0.330 e. The van der Waals surface area contributed by atoms with Crippen LogP contribution < -0.4 is 5.32 Å². The maximum absolute atomic E-state index is 9.60. The second-order valence-electron chi connectivity index (χ2n) is 3.06. The number of hydrogen-bond donors (Lipinski definition) is 3. The molecule has 0 aromatic heterocycles. The predicted octanol–water partition coefficient (Wildman–Crippen LogP) is 0.126. The van der Waals surface area contributed by atoms with E-state index in [2.05, 4.69) is 18.5 Å². The molecule has 86 valence electrons. The molecular weight excluding hydrogens is 198 g/mol. The largest absolute Gasteiger partial charge is 0.478 e. The van der Waals surface area contributed by atoms with Gasteiger partial charge in [-0.25, -0.2) is 4.79 Å². The minimum Gasteiger partial charge on any atom is -0.478 e. The molecule has 0 bridgehead atoms. The highest BCUT2D eigenvalue weighted by molar-refractivity contribution is 5.84. The molecule has 1 fully saturated rings. The molecule has 3 N–H and O–H groups in total. The number of carboxylic acids is 1. The summed E-state index contributed by atoms with van der Waals surface area (Å²) in [4.78, 5) is 9.60. The second kappa shape index (κ2) is 7.17. The van der Waals surface area contributed by atoms with Gasteiger partial charge in [-0.1, -0.05) is 12.7 Å². The Morgan fingerprint density at radius 2 is 2.27 bits per heavy atom. The molecule has 2 atom stereocenters. The molecular formula is C10H17NO4. The zero-order valence-electron chi connectivity index (χ0n) is 8.77. The van der Waals surface area contributed by atoms with E-state index >= 15 is 0 Å². The van der Waals surface area contributed by atoms with E-state index in [9.17, 15) is 4.79 Å². The molecule has 0 amide bonds. The number of aliphatic carboxylic acids is 1. The van der Waals surface area contributed by atoms with Crippen molar-refractivity contribution in [1.29, 1.82) is 0 Å². The van der Waals surface area contributed by atoms with E-state index in [-0.39, 0.29) is 11.8 Å². The van der Waals surface area contributed by atoms with E-state index in [0.717, 1.165) is 6.54 Å². The van der Waals surface area contributed by atoms with E-state index in [1.54, 1.807) is 0 Å². The quantitative estimate of drug-likeness (QED) is 0.460. The molecule has 0 saturated carbocycles. The van der Waals surface area contributed by atoms with Gasteiger partial charge < -0.3 is 14.9 Å². The number of carboxylic acid groups (broad SMARTS) is 1. The number of nitrogens with one attached hydrogen (secondary N) is 1. The van der Waals surface area contributed by atoms with Crippen molar-refractivity contribution in [3.63, 3.8) is 0 Å². The lowest BCUT2D eigenvalue weighted by Crippen LogP contribution is -2.34. The Bertz CT molecular complexity index is 222. The molecule has 0 radical (unpaired) electrons. The number of ether oxygens (including phenoxy) is 1. The third kappa shape index (κ3) is 6.01. The van der Waals surface area contributed by atoms with Crippen molar-refractivity contribution in [2.45, 2.75) is 19.3 Å². The lowest BCUT2D eigenvalue weighted by atomic mass is 10.3. The fraction of sp³-hybridized carbons (Fsp3) is 0.500. The fourth-order valence-electron chi connectivity index (χ4n) is 0.789. The summed E-state index contributed by atoms with van der Waals surface area (Å²) in [5.41, 5.74) is 0.176. The normalized spacial score (nSPS) is 21.1. The third-order valence-electron chi connectivity index (χ3n) is 1.66. The Hall–Kier alpha value is -1.17. The average molecular weight is 215 g/mol. The van der Waals surface area contributed by atoms with Crippen LogP contribution in [-0.4, -0.2) is 41.7 Å². The van der Waals surface area contributed by atoms with Gasteiger partial charge in [0.15, 0.2) is 0 Å². The Labute approximate surface area is 89.1 Å². The summed E-state index contributed by atoms with van der Waals surface area (Å²) in [6.07, 6.45) is 0.651. The lowest BCUT2D eigenvalue weighted by Gasteiger charge is -2.12. The molecule has 1 heterocycles. The van der Waals surface area contributed by atoms with E-state index < -0.39 is 12.1 Å². The van der Waals surface area contributed by atoms with Crippen LogP contribution in [0.5, 0.6) is 0 Å². The molecule has 5 nitrogen and oxygen atoms in total. The summed E-state index contributed by atoms with van der Waals surface area (Å²) >= 11 is 0. The summed E-state index contributed by atoms with van der Waals surface area (Å²) in [7, 11) is 0. The first-order valence-corrected chi connectivity index (χ1v) is 4.53. The molecule has 1 rings (SSSR count). The van der Waals surface area contributed by atoms with Crippen molar-refractivity contribution >= 4 is 5.97 Å². The number of aliphatic hydroxyl groups is 1. The average Bonchev–Trinajstić information content (AvgIpc) is 2.70. The van der Waals surface area contributed by atoms with Gasteiger partial charge in [-0.2, -0.15) is 0 Å².